The molecule has 0 radical (unpaired) electrons. The molecule has 0 amide bonds. The van der Waals surface area contributed by atoms with Crippen LogP contribution in [0.1, 0.15) is 16.7 Å². The van der Waals surface area contributed by atoms with Gasteiger partial charge in [-0.15, -0.1) is 0 Å². The number of amidine groups is 1. The van der Waals surface area contributed by atoms with Gasteiger partial charge in [-0.2, -0.15) is 26.3 Å². The van der Waals surface area contributed by atoms with Crippen LogP contribution >= 0.6 is 0 Å². The second-order valence-corrected chi connectivity index (χ2v) is 7.08. The van der Waals surface area contributed by atoms with Crippen LogP contribution in [0.5, 0.6) is 0 Å². The summed E-state index contributed by atoms with van der Waals surface area (Å²) in [6.07, 6.45) is -9.46. The van der Waals surface area contributed by atoms with Crippen LogP contribution in [-0.4, -0.2) is 32.7 Å². The highest BCUT2D eigenvalue weighted by Gasteiger charge is 2.75. The molecule has 0 aliphatic carbocycles. The summed E-state index contributed by atoms with van der Waals surface area (Å²) in [4.78, 5) is 33.3. The van der Waals surface area contributed by atoms with Gasteiger partial charge in [0.25, 0.3) is 11.1 Å². The summed E-state index contributed by atoms with van der Waals surface area (Å²) >= 11 is 0. The normalized spacial score (nSPS) is 15.4. The van der Waals surface area contributed by atoms with Crippen molar-refractivity contribution in [3.8, 4) is 0 Å². The Kier molecular flexibility index (Phi) is 5.14. The Morgan fingerprint density at radius 1 is 0.909 bits per heavy atom. The fourth-order valence-corrected chi connectivity index (χ4v) is 3.53. The Hall–Kier alpha value is -3.90. The molecule has 0 saturated heterocycles. The average Bonchev–Trinajstić information content (AvgIpc) is 2.75. The maximum absolute atomic E-state index is 14.2. The second-order valence-electron chi connectivity index (χ2n) is 7.08. The lowest BCUT2D eigenvalue weighted by molar-refractivity contribution is -0.301. The number of rotatable bonds is 3. The van der Waals surface area contributed by atoms with Gasteiger partial charge in [-0.25, -0.2) is 9.79 Å². The number of aromatic amines is 1. The van der Waals surface area contributed by atoms with Gasteiger partial charge in [0.1, 0.15) is 17.2 Å². The minimum atomic E-state index is -6.06. The Morgan fingerprint density at radius 3 is 2.09 bits per heavy atom. The predicted molar refractivity (Wildman–Crippen MR) is 105 cm³/mol. The minimum Gasteiger partial charge on any atom is -0.326 e. The fourth-order valence-electron chi connectivity index (χ4n) is 3.53. The standard InChI is InChI=1S/C20H13F6N5O2/c21-19(22,23)18(20(24,25)26)13-15(28-14(30-18)12-4-2-1-3-5-12)31(17(33)29-16(13)32)10-11-6-8-27-9-7-11/h1-9H,10H2,(H,28,30)(H,29,32,33). The number of hydrogen-bond donors (Lipinski definition) is 2. The van der Waals surface area contributed by atoms with E-state index in [2.05, 4.69) is 15.3 Å². The molecule has 0 fully saturated rings. The summed E-state index contributed by atoms with van der Waals surface area (Å²) in [7, 11) is 0. The summed E-state index contributed by atoms with van der Waals surface area (Å²) in [5, 5.41) is 2.36. The third-order valence-electron chi connectivity index (χ3n) is 5.04. The van der Waals surface area contributed by atoms with E-state index in [-0.39, 0.29) is 5.56 Å². The van der Waals surface area contributed by atoms with E-state index < -0.39 is 52.9 Å². The number of nitrogens with one attached hydrogen (secondary N) is 2. The van der Waals surface area contributed by atoms with Gasteiger partial charge in [-0.1, -0.05) is 30.3 Å². The molecule has 13 heteroatoms. The van der Waals surface area contributed by atoms with Gasteiger partial charge < -0.3 is 5.32 Å². The Balaban J connectivity index is 2.10. The van der Waals surface area contributed by atoms with Crippen LogP contribution in [0.3, 0.4) is 0 Å². The smallest absolute Gasteiger partial charge is 0.326 e. The van der Waals surface area contributed by atoms with Gasteiger partial charge in [0.2, 0.25) is 0 Å². The number of H-pyrrole nitrogens is 1. The van der Waals surface area contributed by atoms with Crippen LogP contribution in [-0.2, 0) is 12.1 Å². The van der Waals surface area contributed by atoms with Gasteiger partial charge in [-0.05, 0) is 17.7 Å². The molecular weight excluding hydrogens is 456 g/mol. The van der Waals surface area contributed by atoms with E-state index in [0.29, 0.717) is 10.1 Å². The third-order valence-corrected chi connectivity index (χ3v) is 5.04. The zero-order valence-electron chi connectivity index (χ0n) is 16.3. The Bertz CT molecular complexity index is 1310. The first-order valence-electron chi connectivity index (χ1n) is 9.28. The van der Waals surface area contributed by atoms with Crippen molar-refractivity contribution >= 4 is 11.7 Å². The number of hydrogen-bond acceptors (Lipinski definition) is 5. The van der Waals surface area contributed by atoms with Crippen molar-refractivity contribution in [2.45, 2.75) is 24.4 Å². The zero-order chi connectivity index (χ0) is 24.0. The van der Waals surface area contributed by atoms with Crippen molar-refractivity contribution in [2.24, 2.45) is 4.99 Å². The van der Waals surface area contributed by atoms with Crippen molar-refractivity contribution in [1.82, 2.24) is 14.5 Å². The Labute approximate surface area is 180 Å². The number of pyridine rings is 1. The first-order valence-corrected chi connectivity index (χ1v) is 9.28. The molecule has 0 unspecified atom stereocenters. The molecule has 2 aromatic heterocycles. The molecule has 0 bridgehead atoms. The summed E-state index contributed by atoms with van der Waals surface area (Å²) in [6, 6.07) is 9.60. The molecule has 2 N–H and O–H groups in total. The first kappa shape index (κ1) is 22.3. The molecule has 3 heterocycles. The third kappa shape index (κ3) is 3.58. The summed E-state index contributed by atoms with van der Waals surface area (Å²) in [5.74, 6) is -1.75. The van der Waals surface area contributed by atoms with E-state index in [1.807, 2.05) is 0 Å². The quantitative estimate of drug-likeness (QED) is 0.577. The van der Waals surface area contributed by atoms with E-state index >= 15 is 0 Å². The van der Waals surface area contributed by atoms with Crippen LogP contribution in [0.25, 0.3) is 0 Å². The van der Waals surface area contributed by atoms with E-state index in [9.17, 15) is 35.9 Å². The highest BCUT2D eigenvalue weighted by atomic mass is 19.4. The maximum Gasteiger partial charge on any atom is 0.427 e. The van der Waals surface area contributed by atoms with Crippen molar-refractivity contribution in [1.29, 1.82) is 0 Å². The van der Waals surface area contributed by atoms with Crippen LogP contribution in [0.2, 0.25) is 0 Å². The minimum absolute atomic E-state index is 0.107. The number of anilines is 1. The van der Waals surface area contributed by atoms with E-state index in [0.717, 1.165) is 0 Å². The SMILES string of the molecule is O=c1[nH]c(=O)n(Cc2ccncc2)c2c1C(C(F)(F)F)(C(F)(F)F)N=C(c1ccccc1)N2. The number of nitrogens with zero attached hydrogens (tertiary/aromatic N) is 3. The summed E-state index contributed by atoms with van der Waals surface area (Å²) in [5.41, 5.74) is -9.49. The average molecular weight is 469 g/mol. The van der Waals surface area contributed by atoms with Crippen LogP contribution in [0, 0.1) is 0 Å². The molecule has 4 rings (SSSR count). The van der Waals surface area contributed by atoms with Gasteiger partial charge in [0.15, 0.2) is 0 Å². The number of fused-ring (bicyclic) bond motifs is 1. The first-order chi connectivity index (χ1) is 15.5. The molecule has 3 aromatic rings. The lowest BCUT2D eigenvalue weighted by Gasteiger charge is -2.38. The zero-order valence-corrected chi connectivity index (χ0v) is 16.3. The summed E-state index contributed by atoms with van der Waals surface area (Å²) < 4.78 is 85.8. The molecule has 33 heavy (non-hydrogen) atoms. The summed E-state index contributed by atoms with van der Waals surface area (Å²) in [6.45, 7) is -0.443. The van der Waals surface area contributed by atoms with E-state index in [1.54, 1.807) is 4.98 Å². The monoisotopic (exact) mass is 469 g/mol. The number of benzene rings is 1. The lowest BCUT2D eigenvalue weighted by Crippen LogP contribution is -2.59. The van der Waals surface area contributed by atoms with Crippen molar-refractivity contribution < 1.29 is 26.3 Å². The molecule has 1 aliphatic heterocycles. The lowest BCUT2D eigenvalue weighted by atomic mass is 9.87. The van der Waals surface area contributed by atoms with Gasteiger partial charge in [0.05, 0.1) is 6.54 Å². The predicted octanol–water partition coefficient (Wildman–Crippen LogP) is 3.17. The molecule has 1 aromatic carbocycles. The fraction of sp³-hybridized carbons (Fsp3) is 0.200. The highest BCUT2D eigenvalue weighted by molar-refractivity contribution is 6.09. The molecule has 7 nitrogen and oxygen atoms in total. The number of aromatic nitrogens is 3. The van der Waals surface area contributed by atoms with Crippen molar-refractivity contribution in [3.63, 3.8) is 0 Å². The van der Waals surface area contributed by atoms with Crippen LogP contribution < -0.4 is 16.6 Å². The molecular formula is C20H13F6N5O2. The van der Waals surface area contributed by atoms with Crippen LogP contribution in [0.15, 0.2) is 69.4 Å². The Morgan fingerprint density at radius 2 is 1.52 bits per heavy atom. The van der Waals surface area contributed by atoms with Crippen molar-refractivity contribution in [2.75, 3.05) is 5.32 Å². The van der Waals surface area contributed by atoms with Gasteiger partial charge in [-0.3, -0.25) is 19.3 Å². The second kappa shape index (κ2) is 7.60. The number of aliphatic imine (C=N–C) groups is 1. The van der Waals surface area contributed by atoms with E-state index in [1.165, 1.54) is 54.9 Å². The molecule has 1 aliphatic rings. The van der Waals surface area contributed by atoms with Crippen molar-refractivity contribution in [3.05, 3.63) is 92.4 Å². The van der Waals surface area contributed by atoms with Gasteiger partial charge >= 0.3 is 18.0 Å². The highest BCUT2D eigenvalue weighted by Crippen LogP contribution is 2.55. The largest absolute Gasteiger partial charge is 0.427 e. The molecule has 0 atom stereocenters. The number of alkyl halides is 6. The molecule has 172 valence electrons. The van der Waals surface area contributed by atoms with Gasteiger partial charge in [0, 0.05) is 18.0 Å². The van der Waals surface area contributed by atoms with Crippen LogP contribution in [0.4, 0.5) is 32.2 Å². The number of halogens is 6. The van der Waals surface area contributed by atoms with E-state index in [4.69, 9.17) is 0 Å². The molecule has 0 spiro atoms. The molecule has 0 saturated carbocycles. The topological polar surface area (TPSA) is 92.1 Å². The maximum atomic E-state index is 14.2.